The summed E-state index contributed by atoms with van der Waals surface area (Å²) in [6.07, 6.45) is 0. The second kappa shape index (κ2) is 2.64. The highest BCUT2D eigenvalue weighted by atomic mass is 16.6. The molecule has 5 nitrogen and oxygen atoms in total. The van der Waals surface area contributed by atoms with Crippen LogP contribution in [0.15, 0.2) is 5.28 Å². The Bertz CT molecular complexity index is 174. The van der Waals surface area contributed by atoms with Crippen molar-refractivity contribution in [1.82, 2.24) is 0 Å². The Hall–Kier alpha value is -1.13. The van der Waals surface area contributed by atoms with E-state index in [9.17, 15) is 15.2 Å². The fraction of sp³-hybridized carbons (Fsp3) is 0.800. The highest BCUT2D eigenvalue weighted by molar-refractivity contribution is 5.83. The first-order valence-corrected chi connectivity index (χ1v) is 2.74. The minimum atomic E-state index is -1.33. The Labute approximate surface area is 58.5 Å². The monoisotopic (exact) mass is 145 g/mol. The zero-order valence-corrected chi connectivity index (χ0v) is 6.12. The van der Waals surface area contributed by atoms with Gasteiger partial charge >= 0.3 is 0 Å². The van der Waals surface area contributed by atoms with Gasteiger partial charge in [0.05, 0.1) is 0 Å². The molecule has 0 unspecified atom stereocenters. The van der Waals surface area contributed by atoms with Crippen LogP contribution in [0.1, 0.15) is 20.8 Å². The molecule has 0 amide bonds. The SMILES string of the molecule is CC(=O)C(C)(C)/[N+]([O-])=N/[O-]. The summed E-state index contributed by atoms with van der Waals surface area (Å²) in [7, 11) is 0. The summed E-state index contributed by atoms with van der Waals surface area (Å²) in [4.78, 5) is 10.5. The molecule has 0 aromatic carbocycles. The lowest BCUT2D eigenvalue weighted by Gasteiger charge is -2.17. The minimum Gasteiger partial charge on any atom is -0.739 e. The summed E-state index contributed by atoms with van der Waals surface area (Å²) in [5.74, 6) is -0.387. The predicted octanol–water partition coefficient (Wildman–Crippen LogP) is 0.814. The molecule has 58 valence electrons. The third kappa shape index (κ3) is 1.43. The third-order valence-corrected chi connectivity index (χ3v) is 1.41. The van der Waals surface area contributed by atoms with Crippen LogP contribution in [0.5, 0.6) is 0 Å². The zero-order valence-electron chi connectivity index (χ0n) is 6.12. The van der Waals surface area contributed by atoms with Crippen molar-refractivity contribution in [1.29, 1.82) is 0 Å². The number of hydrogen-bond acceptors (Lipinski definition) is 4. The molecule has 0 aliphatic heterocycles. The fourth-order valence-electron chi connectivity index (χ4n) is 0.237. The molecule has 0 aromatic heterocycles. The van der Waals surface area contributed by atoms with Crippen LogP contribution in [0.25, 0.3) is 0 Å². The Balaban J connectivity index is 4.56. The van der Waals surface area contributed by atoms with Gasteiger partial charge in [-0.05, 0) is 5.28 Å². The molecular formula is C5H9N2O3-. The van der Waals surface area contributed by atoms with E-state index < -0.39 is 5.54 Å². The number of hydroxylamine groups is 1. The van der Waals surface area contributed by atoms with Gasteiger partial charge in [0.15, 0.2) is 0 Å². The quantitative estimate of drug-likeness (QED) is 0.327. The van der Waals surface area contributed by atoms with Crippen molar-refractivity contribution in [3.8, 4) is 0 Å². The maximum absolute atomic E-state index is 10.6. The molecule has 0 saturated heterocycles. The molecular weight excluding hydrogens is 136 g/mol. The Morgan fingerprint density at radius 3 is 2.10 bits per heavy atom. The number of carbonyl (C=O) groups excluding carboxylic acids is 1. The highest BCUT2D eigenvalue weighted by Gasteiger charge is 2.33. The van der Waals surface area contributed by atoms with Crippen LogP contribution in [0, 0.1) is 10.4 Å². The lowest BCUT2D eigenvalue weighted by molar-refractivity contribution is -0.583. The first kappa shape index (κ1) is 8.87. The van der Waals surface area contributed by atoms with E-state index in [0.29, 0.717) is 0 Å². The molecule has 0 aromatic rings. The van der Waals surface area contributed by atoms with Crippen LogP contribution in [0.4, 0.5) is 0 Å². The van der Waals surface area contributed by atoms with Crippen molar-refractivity contribution < 1.29 is 9.66 Å². The summed E-state index contributed by atoms with van der Waals surface area (Å²) in [5, 5.41) is 22.2. The maximum Gasteiger partial charge on any atom is 0.250 e. The van der Waals surface area contributed by atoms with E-state index in [4.69, 9.17) is 0 Å². The van der Waals surface area contributed by atoms with Crippen molar-refractivity contribution in [3.63, 3.8) is 0 Å². The molecule has 0 aliphatic carbocycles. The van der Waals surface area contributed by atoms with Gasteiger partial charge in [-0.1, -0.05) is 4.86 Å². The number of rotatable bonds is 2. The van der Waals surface area contributed by atoms with E-state index >= 15 is 0 Å². The van der Waals surface area contributed by atoms with Gasteiger partial charge in [-0.25, -0.2) is 0 Å². The van der Waals surface area contributed by atoms with E-state index in [2.05, 4.69) is 5.28 Å². The Kier molecular flexibility index (Phi) is 2.34. The molecule has 0 fully saturated rings. The smallest absolute Gasteiger partial charge is 0.250 e. The standard InChI is InChI=1S/C5H10N2O3/c1-4(8)5(2,3)7(10)6-9/h9H,1-3H3/p-1/b7-6-. The van der Waals surface area contributed by atoms with E-state index in [-0.39, 0.29) is 10.6 Å². The normalized spacial score (nSPS) is 13.3. The number of hydrogen-bond donors (Lipinski definition) is 0. The lowest BCUT2D eigenvalue weighted by Crippen LogP contribution is -2.38. The van der Waals surface area contributed by atoms with Crippen LogP contribution in [-0.4, -0.2) is 16.2 Å². The second-order valence-corrected chi connectivity index (χ2v) is 2.47. The number of ketones is 1. The van der Waals surface area contributed by atoms with Gasteiger partial charge in [0.2, 0.25) is 11.3 Å². The molecule has 0 heterocycles. The van der Waals surface area contributed by atoms with Crippen molar-refractivity contribution in [2.24, 2.45) is 5.28 Å². The molecule has 10 heavy (non-hydrogen) atoms. The van der Waals surface area contributed by atoms with Crippen LogP contribution >= 0.6 is 0 Å². The molecule has 0 atom stereocenters. The molecule has 0 aliphatic rings. The largest absolute Gasteiger partial charge is 0.739 e. The first-order valence-electron chi connectivity index (χ1n) is 2.74. The number of Topliss-reactive ketones (excluding diaryl/α,β-unsaturated/α-hetero) is 1. The van der Waals surface area contributed by atoms with Gasteiger partial charge in [-0.3, -0.25) is 4.79 Å². The average Bonchev–Trinajstić information content (AvgIpc) is 1.86. The van der Waals surface area contributed by atoms with Crippen molar-refractivity contribution in [3.05, 3.63) is 10.4 Å². The van der Waals surface area contributed by atoms with Gasteiger partial charge in [0.25, 0.3) is 0 Å². The number of carbonyl (C=O) groups is 1. The van der Waals surface area contributed by atoms with Crippen molar-refractivity contribution in [2.75, 3.05) is 0 Å². The summed E-state index contributed by atoms with van der Waals surface area (Å²) in [6, 6.07) is 0. The lowest BCUT2D eigenvalue weighted by atomic mass is 10.0. The highest BCUT2D eigenvalue weighted by Crippen LogP contribution is 2.08. The predicted molar refractivity (Wildman–Crippen MR) is 34.2 cm³/mol. The second-order valence-electron chi connectivity index (χ2n) is 2.47. The van der Waals surface area contributed by atoms with E-state index in [0.717, 1.165) is 0 Å². The van der Waals surface area contributed by atoms with Gasteiger partial charge in [-0.2, -0.15) is 0 Å². The topological polar surface area (TPSA) is 78.6 Å². The van der Waals surface area contributed by atoms with E-state index in [1.807, 2.05) is 0 Å². The molecule has 0 rings (SSSR count). The summed E-state index contributed by atoms with van der Waals surface area (Å²) >= 11 is 0. The summed E-state index contributed by atoms with van der Waals surface area (Å²) in [5.41, 5.74) is -1.33. The van der Waals surface area contributed by atoms with Crippen LogP contribution in [-0.2, 0) is 4.79 Å². The molecule has 5 heteroatoms. The minimum absolute atomic E-state index is 0.144. The van der Waals surface area contributed by atoms with Crippen LogP contribution < -0.4 is 0 Å². The number of nitrogens with zero attached hydrogens (tertiary/aromatic N) is 2. The van der Waals surface area contributed by atoms with Gasteiger partial charge < -0.3 is 10.4 Å². The summed E-state index contributed by atoms with van der Waals surface area (Å²) in [6.45, 7) is 3.91. The van der Waals surface area contributed by atoms with Crippen LogP contribution in [0.3, 0.4) is 0 Å². The average molecular weight is 145 g/mol. The molecule has 0 spiro atoms. The maximum atomic E-state index is 10.6. The summed E-state index contributed by atoms with van der Waals surface area (Å²) < 4.78 is 0. The third-order valence-electron chi connectivity index (χ3n) is 1.41. The van der Waals surface area contributed by atoms with Gasteiger partial charge in [-0.15, -0.1) is 0 Å². The van der Waals surface area contributed by atoms with Gasteiger partial charge in [0.1, 0.15) is 0 Å². The van der Waals surface area contributed by atoms with Crippen molar-refractivity contribution >= 4 is 5.78 Å². The fourth-order valence-corrected chi connectivity index (χ4v) is 0.237. The van der Waals surface area contributed by atoms with E-state index in [1.165, 1.54) is 20.8 Å². The Morgan fingerprint density at radius 1 is 1.60 bits per heavy atom. The molecule has 0 radical (unpaired) electrons. The zero-order chi connectivity index (χ0) is 8.36. The molecule has 0 N–H and O–H groups in total. The molecule has 0 saturated carbocycles. The van der Waals surface area contributed by atoms with Crippen LogP contribution in [0.2, 0.25) is 0 Å². The van der Waals surface area contributed by atoms with Gasteiger partial charge in [0, 0.05) is 20.8 Å². The first-order chi connectivity index (χ1) is 4.42. The Morgan fingerprint density at radius 2 is 2.00 bits per heavy atom. The molecule has 0 bridgehead atoms. The van der Waals surface area contributed by atoms with Crippen molar-refractivity contribution in [2.45, 2.75) is 26.3 Å². The van der Waals surface area contributed by atoms with E-state index in [1.54, 1.807) is 0 Å².